The minimum absolute atomic E-state index is 0.0709. The number of benzene rings is 3. The molecule has 148 valence electrons. The Morgan fingerprint density at radius 2 is 1.59 bits per heavy atom. The van der Waals surface area contributed by atoms with Gasteiger partial charge >= 0.3 is 0 Å². The lowest BCUT2D eigenvalue weighted by Crippen LogP contribution is -2.41. The molecule has 7 nitrogen and oxygen atoms in total. The van der Waals surface area contributed by atoms with Gasteiger partial charge in [-0.05, 0) is 36.4 Å². The minimum Gasteiger partial charge on any atom is -0.456 e. The summed E-state index contributed by atoms with van der Waals surface area (Å²) in [6.45, 7) is 0. The van der Waals surface area contributed by atoms with Gasteiger partial charge in [0.2, 0.25) is 0 Å². The number of hydrogen-bond donors (Lipinski definition) is 2. The minimum atomic E-state index is -3.95. The van der Waals surface area contributed by atoms with E-state index in [1.807, 2.05) is 24.3 Å². The summed E-state index contributed by atoms with van der Waals surface area (Å²) in [4.78, 5) is 16.5. The molecule has 0 radical (unpaired) electrons. The van der Waals surface area contributed by atoms with Gasteiger partial charge in [-0.15, -0.1) is 4.83 Å². The second-order valence-corrected chi connectivity index (χ2v) is 8.38. The van der Waals surface area contributed by atoms with Gasteiger partial charge in [-0.2, -0.15) is 0 Å². The Kier molecular flexibility index (Phi) is 4.73. The summed E-state index contributed by atoms with van der Waals surface area (Å²) >= 11 is 0. The lowest BCUT2D eigenvalue weighted by molar-refractivity contribution is 0.0945. The third kappa shape index (κ3) is 3.55. The summed E-state index contributed by atoms with van der Waals surface area (Å²) in [5.41, 5.74) is 4.49. The maximum atomic E-state index is 12.7. The van der Waals surface area contributed by atoms with Gasteiger partial charge in [-0.25, -0.2) is 8.42 Å². The van der Waals surface area contributed by atoms with Gasteiger partial charge in [-0.3, -0.25) is 10.2 Å². The van der Waals surface area contributed by atoms with Gasteiger partial charge in [0, 0.05) is 30.4 Å². The van der Waals surface area contributed by atoms with Crippen LogP contribution in [0, 0.1) is 0 Å². The van der Waals surface area contributed by atoms with E-state index in [9.17, 15) is 13.2 Å². The van der Waals surface area contributed by atoms with Crippen LogP contribution in [0.15, 0.2) is 76.0 Å². The molecule has 1 aromatic heterocycles. The SMILES string of the molecule is CN(C)c1ccccc1S(=O)(=O)NNC(=O)c1ccc2oc3ccccc3c2c1. The monoisotopic (exact) mass is 409 g/mol. The first-order chi connectivity index (χ1) is 13.9. The fourth-order valence-electron chi connectivity index (χ4n) is 3.16. The van der Waals surface area contributed by atoms with Crippen molar-refractivity contribution in [2.45, 2.75) is 4.90 Å². The second kappa shape index (κ2) is 7.23. The van der Waals surface area contributed by atoms with Gasteiger partial charge in [0.05, 0.1) is 5.69 Å². The van der Waals surface area contributed by atoms with E-state index in [0.717, 1.165) is 16.4 Å². The molecule has 3 aromatic carbocycles. The average molecular weight is 409 g/mol. The molecule has 1 heterocycles. The number of anilines is 1. The average Bonchev–Trinajstić information content (AvgIpc) is 3.10. The van der Waals surface area contributed by atoms with Crippen molar-refractivity contribution in [2.75, 3.05) is 19.0 Å². The van der Waals surface area contributed by atoms with Crippen LogP contribution in [0.4, 0.5) is 5.69 Å². The van der Waals surface area contributed by atoms with E-state index in [-0.39, 0.29) is 4.90 Å². The third-order valence-corrected chi connectivity index (χ3v) is 5.87. The van der Waals surface area contributed by atoms with Crippen LogP contribution in [0.1, 0.15) is 10.4 Å². The molecule has 0 spiro atoms. The van der Waals surface area contributed by atoms with Crippen LogP contribution >= 0.6 is 0 Å². The maximum Gasteiger partial charge on any atom is 0.266 e. The molecule has 4 rings (SSSR count). The normalized spacial score (nSPS) is 11.7. The van der Waals surface area contributed by atoms with Crippen molar-refractivity contribution in [3.63, 3.8) is 0 Å². The first-order valence-electron chi connectivity index (χ1n) is 8.86. The van der Waals surface area contributed by atoms with E-state index in [2.05, 4.69) is 10.3 Å². The van der Waals surface area contributed by atoms with E-state index in [0.29, 0.717) is 16.8 Å². The van der Waals surface area contributed by atoms with E-state index >= 15 is 0 Å². The second-order valence-electron chi connectivity index (χ2n) is 6.73. The van der Waals surface area contributed by atoms with Crippen LogP contribution < -0.4 is 15.2 Å². The zero-order valence-corrected chi connectivity index (χ0v) is 16.7. The fraction of sp³-hybridized carbons (Fsp3) is 0.0952. The Morgan fingerprint density at radius 1 is 0.897 bits per heavy atom. The molecule has 8 heteroatoms. The van der Waals surface area contributed by atoms with Crippen LogP contribution in [-0.4, -0.2) is 28.4 Å². The molecule has 1 amide bonds. The lowest BCUT2D eigenvalue weighted by Gasteiger charge is -2.17. The predicted octanol–water partition coefficient (Wildman–Crippen LogP) is 3.28. The predicted molar refractivity (Wildman–Crippen MR) is 112 cm³/mol. The summed E-state index contributed by atoms with van der Waals surface area (Å²) in [5.74, 6) is -0.567. The largest absolute Gasteiger partial charge is 0.456 e. The molecule has 4 aromatic rings. The van der Waals surface area contributed by atoms with Crippen LogP contribution in [0.5, 0.6) is 0 Å². The molecule has 0 aliphatic rings. The molecule has 29 heavy (non-hydrogen) atoms. The molecule has 0 saturated heterocycles. The maximum absolute atomic E-state index is 12.7. The Labute approximate surface area is 167 Å². The number of fused-ring (bicyclic) bond motifs is 3. The summed E-state index contributed by atoms with van der Waals surface area (Å²) in [6, 6.07) is 19.0. The molecule has 0 unspecified atom stereocenters. The van der Waals surface area contributed by atoms with Crippen molar-refractivity contribution in [3.8, 4) is 0 Å². The molecule has 0 aliphatic heterocycles. The Morgan fingerprint density at radius 3 is 2.38 bits per heavy atom. The number of sulfonamides is 1. The summed E-state index contributed by atoms with van der Waals surface area (Å²) in [6.07, 6.45) is 0. The highest BCUT2D eigenvalue weighted by Gasteiger charge is 2.20. The number of hydrazine groups is 1. The van der Waals surface area contributed by atoms with Gasteiger partial charge in [0.25, 0.3) is 15.9 Å². The van der Waals surface area contributed by atoms with Crippen LogP contribution in [-0.2, 0) is 10.0 Å². The van der Waals surface area contributed by atoms with Crippen LogP contribution in [0.2, 0.25) is 0 Å². The van der Waals surface area contributed by atoms with E-state index in [1.165, 1.54) is 6.07 Å². The first kappa shape index (κ1) is 19.0. The standard InChI is InChI=1S/C21H19N3O4S/c1-24(2)17-8-4-6-10-20(17)29(26,27)23-22-21(25)14-11-12-19-16(13-14)15-7-3-5-9-18(15)28-19/h3-13,23H,1-2H3,(H,22,25). The summed E-state index contributed by atoms with van der Waals surface area (Å²) in [7, 11) is -0.453. The van der Waals surface area contributed by atoms with Crippen LogP contribution in [0.25, 0.3) is 21.9 Å². The smallest absolute Gasteiger partial charge is 0.266 e. The summed E-state index contributed by atoms with van der Waals surface area (Å²) < 4.78 is 31.1. The quantitative estimate of drug-likeness (QED) is 0.494. The van der Waals surface area contributed by atoms with Crippen molar-refractivity contribution in [3.05, 3.63) is 72.3 Å². The molecule has 0 fully saturated rings. The zero-order chi connectivity index (χ0) is 20.6. The molecule has 0 aliphatic carbocycles. The lowest BCUT2D eigenvalue weighted by atomic mass is 10.1. The van der Waals surface area contributed by atoms with Crippen molar-refractivity contribution < 1.29 is 17.6 Å². The van der Waals surface area contributed by atoms with Crippen molar-refractivity contribution in [1.29, 1.82) is 0 Å². The number of nitrogens with zero attached hydrogens (tertiary/aromatic N) is 1. The Bertz CT molecular complexity index is 1330. The number of para-hydroxylation sites is 2. The number of rotatable bonds is 5. The molecular formula is C21H19N3O4S. The first-order valence-corrected chi connectivity index (χ1v) is 10.3. The highest BCUT2D eigenvalue weighted by atomic mass is 32.2. The van der Waals surface area contributed by atoms with Gasteiger partial charge in [0.1, 0.15) is 16.1 Å². The van der Waals surface area contributed by atoms with Gasteiger partial charge in [0.15, 0.2) is 0 Å². The number of carbonyl (C=O) groups is 1. The number of furan rings is 1. The highest BCUT2D eigenvalue weighted by molar-refractivity contribution is 7.89. The summed E-state index contributed by atoms with van der Waals surface area (Å²) in [5, 5.41) is 1.67. The van der Waals surface area contributed by atoms with E-state index in [4.69, 9.17) is 4.42 Å². The molecule has 0 bridgehead atoms. The van der Waals surface area contributed by atoms with Gasteiger partial charge in [-0.1, -0.05) is 30.3 Å². The van der Waals surface area contributed by atoms with E-state index < -0.39 is 15.9 Å². The van der Waals surface area contributed by atoms with Crippen molar-refractivity contribution in [1.82, 2.24) is 10.3 Å². The number of carbonyl (C=O) groups excluding carboxylic acids is 1. The Balaban J connectivity index is 1.59. The van der Waals surface area contributed by atoms with Crippen molar-refractivity contribution >= 4 is 43.6 Å². The van der Waals surface area contributed by atoms with Gasteiger partial charge < -0.3 is 9.32 Å². The Hall–Kier alpha value is -3.36. The molecule has 0 atom stereocenters. The molecule has 2 N–H and O–H groups in total. The highest BCUT2D eigenvalue weighted by Crippen LogP contribution is 2.29. The van der Waals surface area contributed by atoms with E-state index in [1.54, 1.807) is 55.4 Å². The molecule has 0 saturated carbocycles. The number of nitrogens with one attached hydrogen (secondary N) is 2. The number of amides is 1. The third-order valence-electron chi connectivity index (χ3n) is 4.57. The van der Waals surface area contributed by atoms with Crippen molar-refractivity contribution in [2.24, 2.45) is 0 Å². The molecular weight excluding hydrogens is 390 g/mol. The number of hydrogen-bond acceptors (Lipinski definition) is 5. The fourth-order valence-corrected chi connectivity index (χ4v) is 4.28. The zero-order valence-electron chi connectivity index (χ0n) is 15.8. The topological polar surface area (TPSA) is 91.7 Å². The van der Waals surface area contributed by atoms with Crippen LogP contribution in [0.3, 0.4) is 0 Å².